The Morgan fingerprint density at radius 2 is 1.92 bits per heavy atom. The summed E-state index contributed by atoms with van der Waals surface area (Å²) in [7, 11) is 3.97. The van der Waals surface area contributed by atoms with Crippen molar-refractivity contribution in [3.05, 3.63) is 87.6 Å². The number of aryl methyl sites for hydroxylation is 1. The highest BCUT2D eigenvalue weighted by Crippen LogP contribution is 2.35. The molecule has 1 aromatic heterocycles. The molecule has 3 heterocycles. The van der Waals surface area contributed by atoms with E-state index >= 15 is 0 Å². The number of benzene rings is 2. The van der Waals surface area contributed by atoms with Crippen LogP contribution in [0.25, 0.3) is 5.70 Å². The Bertz CT molecular complexity index is 2130. The molecule has 4 N–H and O–H groups in total. The Morgan fingerprint density at radius 3 is 2.60 bits per heavy atom. The number of imide groups is 1. The third-order valence-electron chi connectivity index (χ3n) is 10.9. The quantitative estimate of drug-likeness (QED) is 0.0486. The number of aromatic nitrogens is 2. The second-order valence-electron chi connectivity index (χ2n) is 14.8. The maximum atomic E-state index is 14.4. The molecule has 15 nitrogen and oxygen atoms in total. The first-order valence-electron chi connectivity index (χ1n) is 20.2. The number of hydrazone groups is 1. The van der Waals surface area contributed by atoms with Crippen LogP contribution in [0.4, 0.5) is 14.6 Å². The van der Waals surface area contributed by atoms with Crippen LogP contribution in [0.5, 0.6) is 0 Å². The predicted molar refractivity (Wildman–Crippen MR) is 227 cm³/mol. The molecule has 4 amide bonds. The zero-order chi connectivity index (χ0) is 43.3. The average Bonchev–Trinajstić information content (AvgIpc) is 3.75. The van der Waals surface area contributed by atoms with Crippen LogP contribution in [-0.4, -0.2) is 104 Å². The molecule has 2 aromatic carbocycles. The van der Waals surface area contributed by atoms with Gasteiger partial charge in [-0.3, -0.25) is 34.6 Å². The number of likely N-dealkylation sites (N-methyl/N-ethyl adjacent to an activating group) is 1. The minimum atomic E-state index is -2.87. The van der Waals surface area contributed by atoms with E-state index in [1.807, 2.05) is 14.1 Å². The number of rotatable bonds is 21. The van der Waals surface area contributed by atoms with Gasteiger partial charge in [-0.25, -0.2) is 19.2 Å². The van der Waals surface area contributed by atoms with Crippen LogP contribution in [0.15, 0.2) is 53.1 Å². The second kappa shape index (κ2) is 21.4. The summed E-state index contributed by atoms with van der Waals surface area (Å²) in [5.41, 5.74) is 6.51. The Labute approximate surface area is 348 Å². The van der Waals surface area contributed by atoms with Crippen molar-refractivity contribution >= 4 is 53.9 Å². The molecule has 0 aliphatic carbocycles. The van der Waals surface area contributed by atoms with E-state index in [0.717, 1.165) is 56.2 Å². The molecule has 320 valence electrons. The van der Waals surface area contributed by atoms with Gasteiger partial charge in [-0.2, -0.15) is 10.2 Å². The molecule has 1 saturated heterocycles. The summed E-state index contributed by atoms with van der Waals surface area (Å²) in [6.45, 7) is 10.9. The SMILES string of the molecule is C=C1c2cc(C(=O)N/N=C(\C=NC=N)c3cc(CCCN(C)c4nn(C5CCOCC5)c(CCNC)c4CC)ccc3C(F)F)ccc2C(=O)N1C(C)CCC(=O)NC=O. The van der Waals surface area contributed by atoms with E-state index < -0.39 is 24.3 Å². The Balaban J connectivity index is 1.32. The number of ether oxygens (including phenoxy) is 1. The smallest absolute Gasteiger partial charge is 0.271 e. The number of carbonyl (C=O) groups excluding carboxylic acids is 4. The number of amides is 4. The number of fused-ring (bicyclic) bond motifs is 1. The van der Waals surface area contributed by atoms with Crippen LogP contribution in [0.2, 0.25) is 0 Å². The van der Waals surface area contributed by atoms with E-state index in [1.165, 1.54) is 40.4 Å². The zero-order valence-corrected chi connectivity index (χ0v) is 34.6. The van der Waals surface area contributed by atoms with Crippen molar-refractivity contribution in [2.24, 2.45) is 10.1 Å². The topological polar surface area (TPSA) is 186 Å². The molecule has 60 heavy (non-hydrogen) atoms. The standard InChI is InChI=1S/C43H54F2N10O5/c1-6-32-38(15-18-47-4)55(31-16-20-60-21-17-31)52-41(32)53(5)19-7-8-29-10-12-33(40(44)45)36(22-29)37(24-48-25-46)50-51-42(58)30-11-13-34-35(23-30)28(3)54(43(34)59)27(2)9-14-39(57)49-26-56/h10-13,22-27,31,40,46-47H,3,6-9,14-21H2,1-2,4-5H3,(H,51,58)(H,49,56,57)/b46-25?,48-24?,50-37+. The number of nitrogens with zero attached hydrogens (tertiary/aromatic N) is 6. The zero-order valence-electron chi connectivity index (χ0n) is 34.6. The monoisotopic (exact) mass is 828 g/mol. The highest BCUT2D eigenvalue weighted by atomic mass is 19.3. The second-order valence-corrected chi connectivity index (χ2v) is 14.8. The summed E-state index contributed by atoms with van der Waals surface area (Å²) in [6, 6.07) is 8.88. The minimum Gasteiger partial charge on any atom is -0.381 e. The number of aliphatic imine (C=N–C) groups is 1. The van der Waals surface area contributed by atoms with E-state index in [-0.39, 0.29) is 47.2 Å². The maximum absolute atomic E-state index is 14.4. The van der Waals surface area contributed by atoms with Crippen molar-refractivity contribution in [1.82, 2.24) is 30.7 Å². The van der Waals surface area contributed by atoms with Gasteiger partial charge in [0.2, 0.25) is 12.3 Å². The van der Waals surface area contributed by atoms with Crippen molar-refractivity contribution in [3.8, 4) is 0 Å². The molecule has 0 radical (unpaired) electrons. The van der Waals surface area contributed by atoms with Gasteiger partial charge in [0, 0.05) is 97.0 Å². The predicted octanol–water partition coefficient (Wildman–Crippen LogP) is 5.25. The van der Waals surface area contributed by atoms with Crippen molar-refractivity contribution in [2.45, 2.75) is 83.7 Å². The number of nitrogens with one attached hydrogen (secondary N) is 4. The molecule has 3 aromatic rings. The Kier molecular flexibility index (Phi) is 16.1. The van der Waals surface area contributed by atoms with E-state index in [4.69, 9.17) is 15.2 Å². The van der Waals surface area contributed by atoms with Gasteiger partial charge in [-0.1, -0.05) is 25.6 Å². The van der Waals surface area contributed by atoms with Gasteiger partial charge in [0.15, 0.2) is 5.82 Å². The first-order valence-corrected chi connectivity index (χ1v) is 20.2. The number of hydrogen-bond acceptors (Lipinski definition) is 10. The fourth-order valence-electron chi connectivity index (χ4n) is 7.70. The highest BCUT2D eigenvalue weighted by Gasteiger charge is 2.35. The van der Waals surface area contributed by atoms with Gasteiger partial charge < -0.3 is 19.9 Å². The van der Waals surface area contributed by atoms with Crippen LogP contribution < -0.4 is 21.0 Å². The van der Waals surface area contributed by atoms with Crippen LogP contribution in [0.3, 0.4) is 0 Å². The lowest BCUT2D eigenvalue weighted by molar-refractivity contribution is -0.125. The van der Waals surface area contributed by atoms with E-state index in [9.17, 15) is 28.0 Å². The molecule has 17 heteroatoms. The fraction of sp³-hybridized carbons (Fsp3) is 0.442. The number of halogens is 2. The van der Waals surface area contributed by atoms with Crippen LogP contribution >= 0.6 is 0 Å². The van der Waals surface area contributed by atoms with Crippen molar-refractivity contribution in [3.63, 3.8) is 0 Å². The molecule has 0 saturated carbocycles. The van der Waals surface area contributed by atoms with Crippen LogP contribution in [-0.2, 0) is 33.6 Å². The molecule has 0 spiro atoms. The molecule has 2 aliphatic rings. The largest absolute Gasteiger partial charge is 0.381 e. The summed E-state index contributed by atoms with van der Waals surface area (Å²) >= 11 is 0. The van der Waals surface area contributed by atoms with E-state index in [0.29, 0.717) is 55.8 Å². The summed E-state index contributed by atoms with van der Waals surface area (Å²) in [4.78, 5) is 56.5. The van der Waals surface area contributed by atoms with Crippen molar-refractivity contribution < 1.29 is 32.7 Å². The molecule has 5 rings (SSSR count). The number of alkyl halides is 2. The Hall–Kier alpha value is -5.94. The van der Waals surface area contributed by atoms with Crippen LogP contribution in [0.1, 0.15) is 113 Å². The first kappa shape index (κ1) is 45.1. The molecule has 1 atom stereocenters. The highest BCUT2D eigenvalue weighted by molar-refractivity contribution is 6.39. The lowest BCUT2D eigenvalue weighted by atomic mass is 9.98. The molecular formula is C43H54F2N10O5. The van der Waals surface area contributed by atoms with Gasteiger partial charge in [0.25, 0.3) is 18.2 Å². The Morgan fingerprint density at radius 1 is 1.15 bits per heavy atom. The summed E-state index contributed by atoms with van der Waals surface area (Å²) in [6.07, 6.45) is 4.36. The van der Waals surface area contributed by atoms with Gasteiger partial charge in [-0.05, 0) is 82.3 Å². The average molecular weight is 829 g/mol. The lowest BCUT2D eigenvalue weighted by Crippen LogP contribution is -2.33. The normalized spacial score (nSPS) is 15.1. The lowest BCUT2D eigenvalue weighted by Gasteiger charge is -2.25. The van der Waals surface area contributed by atoms with Gasteiger partial charge in [0.05, 0.1) is 12.3 Å². The van der Waals surface area contributed by atoms with E-state index in [2.05, 4.69) is 49.2 Å². The number of anilines is 1. The molecule has 1 fully saturated rings. The summed E-state index contributed by atoms with van der Waals surface area (Å²) in [5.74, 6) is -0.562. The van der Waals surface area contributed by atoms with Crippen LogP contribution in [0, 0.1) is 5.41 Å². The van der Waals surface area contributed by atoms with Gasteiger partial charge in [0.1, 0.15) is 12.1 Å². The molecule has 1 unspecified atom stereocenters. The first-order chi connectivity index (χ1) is 28.9. The third kappa shape index (κ3) is 10.6. The maximum Gasteiger partial charge on any atom is 0.271 e. The van der Waals surface area contributed by atoms with Crippen molar-refractivity contribution in [2.75, 3.05) is 45.3 Å². The molecule has 0 bridgehead atoms. The third-order valence-corrected chi connectivity index (χ3v) is 10.9. The molecular weight excluding hydrogens is 775 g/mol. The van der Waals surface area contributed by atoms with Gasteiger partial charge >= 0.3 is 0 Å². The summed E-state index contributed by atoms with van der Waals surface area (Å²) in [5, 5.41) is 22.1. The van der Waals surface area contributed by atoms with E-state index in [1.54, 1.807) is 19.1 Å². The van der Waals surface area contributed by atoms with Crippen molar-refractivity contribution in [1.29, 1.82) is 5.41 Å². The number of hydrogen-bond donors (Lipinski definition) is 4. The minimum absolute atomic E-state index is 0.0124. The summed E-state index contributed by atoms with van der Waals surface area (Å²) < 4.78 is 36.7. The fourth-order valence-corrected chi connectivity index (χ4v) is 7.70. The van der Waals surface area contributed by atoms with Gasteiger partial charge in [-0.15, -0.1) is 0 Å². The molecule has 2 aliphatic heterocycles. The number of carbonyl (C=O) groups is 4.